The molecular weight excluding hydrogens is 432 g/mol. The van der Waals surface area contributed by atoms with Crippen LogP contribution in [-0.4, -0.2) is 58.2 Å². The number of anilines is 1. The van der Waals surface area contributed by atoms with E-state index in [1.807, 2.05) is 30.3 Å². The molecule has 0 radical (unpaired) electrons. The molecule has 178 valence electrons. The van der Waals surface area contributed by atoms with Crippen LogP contribution in [0, 0.1) is 11.8 Å². The predicted molar refractivity (Wildman–Crippen MR) is 129 cm³/mol. The Bertz CT molecular complexity index is 1200. The van der Waals surface area contributed by atoms with Crippen LogP contribution in [0.1, 0.15) is 36.6 Å². The molecule has 8 heteroatoms. The van der Waals surface area contributed by atoms with Crippen molar-refractivity contribution in [2.24, 2.45) is 11.8 Å². The van der Waals surface area contributed by atoms with Crippen LogP contribution in [0.2, 0.25) is 0 Å². The molecule has 4 atom stereocenters. The lowest BCUT2D eigenvalue weighted by atomic mass is 9.86. The Labute approximate surface area is 198 Å². The maximum atomic E-state index is 13.5. The average Bonchev–Trinajstić information content (AvgIpc) is 3.44. The van der Waals surface area contributed by atoms with E-state index < -0.39 is 23.9 Å². The number of benzene rings is 1. The number of para-hydroxylation sites is 1. The van der Waals surface area contributed by atoms with Crippen molar-refractivity contribution in [2.75, 3.05) is 26.0 Å². The van der Waals surface area contributed by atoms with Crippen molar-refractivity contribution < 1.29 is 14.7 Å². The highest BCUT2D eigenvalue weighted by atomic mass is 16.3. The van der Waals surface area contributed by atoms with Gasteiger partial charge >= 0.3 is 6.03 Å². The van der Waals surface area contributed by atoms with Gasteiger partial charge in [-0.3, -0.25) is 9.59 Å². The smallest absolute Gasteiger partial charge is 0.322 e. The molecule has 1 aromatic heterocycles. The van der Waals surface area contributed by atoms with E-state index in [0.717, 1.165) is 24.8 Å². The lowest BCUT2D eigenvalue weighted by Crippen LogP contribution is -2.50. The Balaban J connectivity index is 1.61. The van der Waals surface area contributed by atoms with Crippen molar-refractivity contribution in [2.45, 2.75) is 37.9 Å². The molecular formula is C26H30N4O4. The summed E-state index contributed by atoms with van der Waals surface area (Å²) in [6, 6.07) is 11.4. The fourth-order valence-electron chi connectivity index (χ4n) is 5.83. The van der Waals surface area contributed by atoms with E-state index in [1.54, 1.807) is 35.7 Å². The van der Waals surface area contributed by atoms with Gasteiger partial charge < -0.3 is 24.8 Å². The van der Waals surface area contributed by atoms with Crippen molar-refractivity contribution in [3.05, 3.63) is 70.2 Å². The minimum Gasteiger partial charge on any atom is -0.396 e. The first kappa shape index (κ1) is 22.4. The predicted octanol–water partition coefficient (Wildman–Crippen LogP) is 2.70. The number of aromatic nitrogens is 1. The number of fused-ring (bicyclic) bond motifs is 4. The Morgan fingerprint density at radius 3 is 2.56 bits per heavy atom. The molecule has 2 aliphatic heterocycles. The van der Waals surface area contributed by atoms with Gasteiger partial charge in [0.25, 0.3) is 5.56 Å². The molecule has 1 saturated heterocycles. The van der Waals surface area contributed by atoms with Crippen LogP contribution in [0.3, 0.4) is 0 Å². The van der Waals surface area contributed by atoms with Crippen LogP contribution in [0.4, 0.5) is 10.5 Å². The molecule has 5 rings (SSSR count). The van der Waals surface area contributed by atoms with E-state index in [0.29, 0.717) is 16.9 Å². The van der Waals surface area contributed by atoms with Gasteiger partial charge in [-0.1, -0.05) is 24.3 Å². The Kier molecular flexibility index (Phi) is 5.77. The van der Waals surface area contributed by atoms with Gasteiger partial charge in [0, 0.05) is 50.1 Å². The van der Waals surface area contributed by atoms with Crippen LogP contribution in [-0.2, 0) is 11.3 Å². The van der Waals surface area contributed by atoms with Crippen molar-refractivity contribution in [3.8, 4) is 0 Å². The van der Waals surface area contributed by atoms with Crippen LogP contribution >= 0.6 is 0 Å². The first-order valence-electron chi connectivity index (χ1n) is 11.8. The summed E-state index contributed by atoms with van der Waals surface area (Å²) in [5, 5.41) is 13.3. The summed E-state index contributed by atoms with van der Waals surface area (Å²) in [7, 11) is 3.35. The molecule has 1 fully saturated rings. The molecule has 0 unspecified atom stereocenters. The van der Waals surface area contributed by atoms with Crippen LogP contribution < -0.4 is 10.9 Å². The summed E-state index contributed by atoms with van der Waals surface area (Å²) in [6.07, 6.45) is 5.02. The number of nitrogens with zero attached hydrogens (tertiary/aromatic N) is 3. The molecule has 2 N–H and O–H groups in total. The van der Waals surface area contributed by atoms with Gasteiger partial charge in [-0.25, -0.2) is 4.79 Å². The third-order valence-corrected chi connectivity index (χ3v) is 7.42. The van der Waals surface area contributed by atoms with E-state index >= 15 is 0 Å². The zero-order valence-corrected chi connectivity index (χ0v) is 19.5. The normalized spacial score (nSPS) is 25.0. The van der Waals surface area contributed by atoms with Gasteiger partial charge in [0.15, 0.2) is 0 Å². The lowest BCUT2D eigenvalue weighted by Gasteiger charge is -2.38. The molecule has 8 nitrogen and oxygen atoms in total. The maximum Gasteiger partial charge on any atom is 0.322 e. The number of hydrogen-bond acceptors (Lipinski definition) is 4. The third-order valence-electron chi connectivity index (χ3n) is 7.42. The minimum absolute atomic E-state index is 0.0848. The van der Waals surface area contributed by atoms with Crippen molar-refractivity contribution >= 4 is 23.2 Å². The second kappa shape index (κ2) is 8.76. The van der Waals surface area contributed by atoms with Crippen molar-refractivity contribution in [3.63, 3.8) is 0 Å². The molecule has 2 aromatic rings. The zero-order chi connectivity index (χ0) is 24.0. The molecule has 0 saturated carbocycles. The number of allylic oxidation sites excluding steroid dienone is 2. The average molecular weight is 463 g/mol. The second-order valence-electron chi connectivity index (χ2n) is 9.53. The number of rotatable bonds is 4. The lowest BCUT2D eigenvalue weighted by molar-refractivity contribution is -0.135. The van der Waals surface area contributed by atoms with Crippen LogP contribution in [0.25, 0.3) is 5.57 Å². The van der Waals surface area contributed by atoms with E-state index in [-0.39, 0.29) is 30.6 Å². The molecule has 1 aliphatic carbocycles. The topological polar surface area (TPSA) is 94.9 Å². The monoisotopic (exact) mass is 462 g/mol. The number of carbonyl (C=O) groups excluding carboxylic acids is 2. The zero-order valence-electron chi connectivity index (χ0n) is 19.5. The molecule has 3 aliphatic rings. The van der Waals surface area contributed by atoms with Gasteiger partial charge in [0.2, 0.25) is 5.91 Å². The minimum atomic E-state index is -0.645. The van der Waals surface area contributed by atoms with Gasteiger partial charge in [0.1, 0.15) is 0 Å². The SMILES string of the molecule is CN(C)C(=O)[C@@H]1[C@@H](CO)[C@@H]2Cn3c(ccc(C4=CCCC4)c3=O)[C@H]1N2C(=O)Nc1ccccc1. The van der Waals surface area contributed by atoms with E-state index in [2.05, 4.69) is 11.4 Å². The number of aliphatic hydroxyl groups excluding tert-OH is 1. The molecule has 34 heavy (non-hydrogen) atoms. The molecule has 2 bridgehead atoms. The molecule has 0 spiro atoms. The first-order chi connectivity index (χ1) is 16.4. The number of urea groups is 1. The third kappa shape index (κ3) is 3.53. The second-order valence-corrected chi connectivity index (χ2v) is 9.53. The van der Waals surface area contributed by atoms with Crippen LogP contribution in [0.5, 0.6) is 0 Å². The maximum absolute atomic E-state index is 13.5. The van der Waals surface area contributed by atoms with Crippen LogP contribution in [0.15, 0.2) is 53.3 Å². The summed E-state index contributed by atoms with van der Waals surface area (Å²) in [6.45, 7) is -0.00227. The van der Waals surface area contributed by atoms with Gasteiger partial charge in [0.05, 0.1) is 18.0 Å². The summed E-state index contributed by atoms with van der Waals surface area (Å²) in [5.41, 5.74) is 2.96. The summed E-state index contributed by atoms with van der Waals surface area (Å²) in [5.74, 6) is -1.28. The molecule has 3 amide bonds. The molecule has 1 aromatic carbocycles. The van der Waals surface area contributed by atoms with E-state index in [1.165, 1.54) is 4.90 Å². The molecule has 3 heterocycles. The quantitative estimate of drug-likeness (QED) is 0.731. The summed E-state index contributed by atoms with van der Waals surface area (Å²) < 4.78 is 1.72. The first-order valence-corrected chi connectivity index (χ1v) is 11.8. The standard InChI is InChI=1S/C26H30N4O4/c1-28(2)25(33)22-19(15-31)21-14-29-20(13-12-18(24(29)32)16-8-6-7-9-16)23(22)30(21)26(34)27-17-10-4-3-5-11-17/h3-5,8,10-13,19,21-23,31H,6-7,9,14-15H2,1-2H3,(H,27,34)/t19-,21-,22+,23+/m0/s1. The highest BCUT2D eigenvalue weighted by Crippen LogP contribution is 2.49. The number of pyridine rings is 1. The summed E-state index contributed by atoms with van der Waals surface area (Å²) >= 11 is 0. The van der Waals surface area contributed by atoms with Crippen molar-refractivity contribution in [1.82, 2.24) is 14.4 Å². The van der Waals surface area contributed by atoms with Gasteiger partial charge in [-0.2, -0.15) is 0 Å². The fraction of sp³-hybridized carbons (Fsp3) is 0.423. The highest BCUT2D eigenvalue weighted by molar-refractivity contribution is 5.91. The fourth-order valence-corrected chi connectivity index (χ4v) is 5.83. The highest BCUT2D eigenvalue weighted by Gasteiger charge is 2.57. The van der Waals surface area contributed by atoms with Gasteiger partial charge in [-0.05, 0) is 49.1 Å². The number of nitrogens with one attached hydrogen (secondary N) is 1. The Hall–Kier alpha value is -3.39. The van der Waals surface area contributed by atoms with Gasteiger partial charge in [-0.15, -0.1) is 0 Å². The number of carbonyl (C=O) groups is 2. The Morgan fingerprint density at radius 1 is 1.15 bits per heavy atom. The summed E-state index contributed by atoms with van der Waals surface area (Å²) in [4.78, 5) is 43.5. The number of hydrogen-bond donors (Lipinski definition) is 2. The number of aliphatic hydroxyl groups is 1. The largest absolute Gasteiger partial charge is 0.396 e. The van der Waals surface area contributed by atoms with E-state index in [9.17, 15) is 19.5 Å². The van der Waals surface area contributed by atoms with Crippen molar-refractivity contribution in [1.29, 1.82) is 0 Å². The van der Waals surface area contributed by atoms with E-state index in [4.69, 9.17) is 0 Å². The Morgan fingerprint density at radius 2 is 1.91 bits per heavy atom. The number of amides is 3.